The summed E-state index contributed by atoms with van der Waals surface area (Å²) in [6.07, 6.45) is -4.09. The first-order chi connectivity index (χ1) is 9.23. The summed E-state index contributed by atoms with van der Waals surface area (Å²) in [4.78, 5) is 2.10. The topological polar surface area (TPSA) is 3.24 Å². The first-order valence-electron chi connectivity index (χ1n) is 7.11. The first kappa shape index (κ1) is 17.0. The third kappa shape index (κ3) is 4.82. The molecule has 1 unspecified atom stereocenters. The Balaban J connectivity index is 2.82. The van der Waals surface area contributed by atoms with E-state index in [0.29, 0.717) is 12.1 Å². The van der Waals surface area contributed by atoms with Crippen LogP contribution in [0.2, 0.25) is 0 Å². The van der Waals surface area contributed by atoms with Crippen LogP contribution in [-0.2, 0) is 0 Å². The van der Waals surface area contributed by atoms with Gasteiger partial charge in [0, 0.05) is 12.1 Å². The highest BCUT2D eigenvalue weighted by Gasteiger charge is 2.40. The van der Waals surface area contributed by atoms with Crippen LogP contribution in [-0.4, -0.2) is 29.7 Å². The van der Waals surface area contributed by atoms with Crippen LogP contribution < -0.4 is 0 Å². The molecule has 0 bridgehead atoms. The van der Waals surface area contributed by atoms with Gasteiger partial charge in [-0.05, 0) is 46.2 Å². The number of nitrogens with zero attached hydrogens (tertiary/aromatic N) is 1. The Morgan fingerprint density at radius 1 is 0.950 bits per heavy atom. The van der Waals surface area contributed by atoms with E-state index in [-0.39, 0.29) is 18.5 Å². The predicted octanol–water partition coefficient (Wildman–Crippen LogP) is 4.84. The number of halogens is 3. The van der Waals surface area contributed by atoms with E-state index < -0.39 is 12.1 Å². The fourth-order valence-electron chi connectivity index (χ4n) is 2.60. The lowest BCUT2D eigenvalue weighted by atomic mass is 9.94. The van der Waals surface area contributed by atoms with Gasteiger partial charge in [0.15, 0.2) is 0 Å². The van der Waals surface area contributed by atoms with E-state index in [1.807, 2.05) is 27.7 Å². The molecule has 0 fully saturated rings. The summed E-state index contributed by atoms with van der Waals surface area (Å²) in [6.45, 7) is 8.53. The smallest absolute Gasteiger partial charge is 0.299 e. The fraction of sp³-hybridized carbons (Fsp3) is 0.625. The van der Waals surface area contributed by atoms with Gasteiger partial charge in [-0.2, -0.15) is 13.2 Å². The number of alkyl halides is 3. The highest BCUT2D eigenvalue weighted by atomic mass is 19.4. The molecule has 1 aromatic rings. The molecule has 1 nitrogen and oxygen atoms in total. The van der Waals surface area contributed by atoms with Crippen molar-refractivity contribution in [1.29, 1.82) is 0 Å². The van der Waals surface area contributed by atoms with Crippen LogP contribution in [0.15, 0.2) is 30.3 Å². The van der Waals surface area contributed by atoms with Crippen molar-refractivity contribution < 1.29 is 13.2 Å². The first-order valence-corrected chi connectivity index (χ1v) is 7.11. The molecule has 0 N–H and O–H groups in total. The van der Waals surface area contributed by atoms with Crippen LogP contribution in [0.5, 0.6) is 0 Å². The van der Waals surface area contributed by atoms with E-state index in [4.69, 9.17) is 0 Å². The Morgan fingerprint density at radius 2 is 1.45 bits per heavy atom. The van der Waals surface area contributed by atoms with E-state index >= 15 is 0 Å². The van der Waals surface area contributed by atoms with Crippen LogP contribution in [0, 0.1) is 0 Å². The molecule has 0 radical (unpaired) electrons. The SMILES string of the molecule is CC(C)N(CCC(c1ccccc1)C(F)(F)F)C(C)C. The molecule has 0 aliphatic heterocycles. The van der Waals surface area contributed by atoms with Crippen LogP contribution >= 0.6 is 0 Å². The lowest BCUT2D eigenvalue weighted by molar-refractivity contribution is -0.153. The van der Waals surface area contributed by atoms with Gasteiger partial charge in [0.1, 0.15) is 0 Å². The molecule has 0 aromatic heterocycles. The molecule has 0 heterocycles. The fourth-order valence-corrected chi connectivity index (χ4v) is 2.60. The lowest BCUT2D eigenvalue weighted by Crippen LogP contribution is -2.39. The van der Waals surface area contributed by atoms with Gasteiger partial charge >= 0.3 is 6.18 Å². The van der Waals surface area contributed by atoms with E-state index in [0.717, 1.165) is 0 Å². The molecule has 0 aliphatic carbocycles. The molecule has 0 amide bonds. The minimum atomic E-state index is -4.19. The second-order valence-corrected chi connectivity index (χ2v) is 5.72. The summed E-state index contributed by atoms with van der Waals surface area (Å²) < 4.78 is 39.7. The van der Waals surface area contributed by atoms with Crippen molar-refractivity contribution in [3.05, 3.63) is 35.9 Å². The summed E-state index contributed by atoms with van der Waals surface area (Å²) in [7, 11) is 0. The van der Waals surface area contributed by atoms with Crippen LogP contribution in [0.25, 0.3) is 0 Å². The summed E-state index contributed by atoms with van der Waals surface area (Å²) in [6, 6.07) is 8.69. The number of rotatable bonds is 6. The van der Waals surface area contributed by atoms with Gasteiger partial charge < -0.3 is 0 Å². The van der Waals surface area contributed by atoms with E-state index in [2.05, 4.69) is 4.90 Å². The monoisotopic (exact) mass is 287 g/mol. The standard InChI is InChI=1S/C16H24F3N/c1-12(2)20(13(3)4)11-10-15(16(17,18)19)14-8-6-5-7-9-14/h5-9,12-13,15H,10-11H2,1-4H3. The zero-order chi connectivity index (χ0) is 15.3. The van der Waals surface area contributed by atoms with Crippen molar-refractivity contribution in [2.45, 2.75) is 58.3 Å². The maximum absolute atomic E-state index is 13.2. The Labute approximate surface area is 119 Å². The highest BCUT2D eigenvalue weighted by Crippen LogP contribution is 2.37. The Bertz CT molecular complexity index is 376. The van der Waals surface area contributed by atoms with Crippen molar-refractivity contribution in [2.75, 3.05) is 6.54 Å². The summed E-state index contributed by atoms with van der Waals surface area (Å²) >= 11 is 0. The van der Waals surface area contributed by atoms with Crippen molar-refractivity contribution in [1.82, 2.24) is 4.90 Å². The van der Waals surface area contributed by atoms with Gasteiger partial charge in [-0.15, -0.1) is 0 Å². The van der Waals surface area contributed by atoms with E-state index in [1.165, 1.54) is 0 Å². The Kier molecular flexibility index (Phi) is 6.06. The van der Waals surface area contributed by atoms with Crippen molar-refractivity contribution in [3.63, 3.8) is 0 Å². The lowest BCUT2D eigenvalue weighted by Gasteiger charge is -2.32. The van der Waals surface area contributed by atoms with Gasteiger partial charge in [0.25, 0.3) is 0 Å². The molecule has 1 aromatic carbocycles. The maximum atomic E-state index is 13.2. The van der Waals surface area contributed by atoms with E-state index in [1.54, 1.807) is 30.3 Å². The van der Waals surface area contributed by atoms with Crippen LogP contribution in [0.3, 0.4) is 0 Å². The predicted molar refractivity (Wildman–Crippen MR) is 76.8 cm³/mol. The van der Waals surface area contributed by atoms with Gasteiger partial charge in [-0.1, -0.05) is 30.3 Å². The minimum absolute atomic E-state index is 0.101. The molecular formula is C16H24F3N. The summed E-state index contributed by atoms with van der Waals surface area (Å²) in [5.74, 6) is -1.39. The zero-order valence-electron chi connectivity index (χ0n) is 12.6. The third-order valence-electron chi connectivity index (χ3n) is 3.60. The highest BCUT2D eigenvalue weighted by molar-refractivity contribution is 5.21. The normalized spacial score (nSPS) is 14.3. The molecule has 0 aliphatic rings. The Hall–Kier alpha value is -1.03. The molecule has 20 heavy (non-hydrogen) atoms. The van der Waals surface area contributed by atoms with Gasteiger partial charge in [0.05, 0.1) is 5.92 Å². The summed E-state index contributed by atoms with van der Waals surface area (Å²) in [5.41, 5.74) is 0.354. The summed E-state index contributed by atoms with van der Waals surface area (Å²) in [5, 5.41) is 0. The molecule has 4 heteroatoms. The average Bonchev–Trinajstić information content (AvgIpc) is 2.33. The van der Waals surface area contributed by atoms with Crippen LogP contribution in [0.1, 0.15) is 45.6 Å². The zero-order valence-corrected chi connectivity index (χ0v) is 12.6. The van der Waals surface area contributed by atoms with Crippen molar-refractivity contribution in [3.8, 4) is 0 Å². The molecule has 0 saturated heterocycles. The van der Waals surface area contributed by atoms with Crippen molar-refractivity contribution in [2.24, 2.45) is 0 Å². The molecule has 0 spiro atoms. The minimum Gasteiger partial charge on any atom is -0.299 e. The number of hydrogen-bond donors (Lipinski definition) is 0. The molecule has 1 atom stereocenters. The van der Waals surface area contributed by atoms with Gasteiger partial charge in [0.2, 0.25) is 0 Å². The van der Waals surface area contributed by atoms with E-state index in [9.17, 15) is 13.2 Å². The second kappa shape index (κ2) is 7.11. The van der Waals surface area contributed by atoms with Crippen molar-refractivity contribution >= 4 is 0 Å². The second-order valence-electron chi connectivity index (χ2n) is 5.72. The Morgan fingerprint density at radius 3 is 1.85 bits per heavy atom. The van der Waals surface area contributed by atoms with Gasteiger partial charge in [-0.25, -0.2) is 0 Å². The molecule has 1 rings (SSSR count). The number of benzene rings is 1. The molecule has 0 saturated carbocycles. The maximum Gasteiger partial charge on any atom is 0.395 e. The average molecular weight is 287 g/mol. The quantitative estimate of drug-likeness (QED) is 0.723. The third-order valence-corrected chi connectivity index (χ3v) is 3.60. The van der Waals surface area contributed by atoms with Crippen LogP contribution in [0.4, 0.5) is 13.2 Å². The van der Waals surface area contributed by atoms with Gasteiger partial charge in [-0.3, -0.25) is 4.90 Å². The molecule has 114 valence electrons. The molecular weight excluding hydrogens is 263 g/mol. The largest absolute Gasteiger partial charge is 0.395 e. The number of hydrogen-bond acceptors (Lipinski definition) is 1.